The summed E-state index contributed by atoms with van der Waals surface area (Å²) in [5.41, 5.74) is 6.40. The second-order valence-electron chi connectivity index (χ2n) is 3.80. The Hall–Kier alpha value is -1.75. The first-order valence-corrected chi connectivity index (χ1v) is 5.81. The summed E-state index contributed by atoms with van der Waals surface area (Å²) in [6.45, 7) is 4.60. The number of ether oxygens (including phenoxy) is 3. The number of rotatable bonds is 6. The average Bonchev–Trinajstić information content (AvgIpc) is 2.36. The van der Waals surface area contributed by atoms with Gasteiger partial charge in [-0.25, -0.2) is 4.79 Å². The molecule has 5 nitrogen and oxygen atoms in total. The van der Waals surface area contributed by atoms with Gasteiger partial charge in [-0.2, -0.15) is 0 Å². The Labute approximate surface area is 107 Å². The van der Waals surface area contributed by atoms with E-state index in [1.165, 1.54) is 7.11 Å². The molecular weight excluding hydrogens is 234 g/mol. The maximum atomic E-state index is 11.9. The highest BCUT2D eigenvalue weighted by Gasteiger charge is 2.16. The minimum atomic E-state index is -0.474. The van der Waals surface area contributed by atoms with Crippen LogP contribution in [0.5, 0.6) is 5.75 Å². The minimum absolute atomic E-state index is 0.286. The molecule has 0 aliphatic rings. The summed E-state index contributed by atoms with van der Waals surface area (Å²) in [5.74, 6) is -0.0134. The molecule has 0 radical (unpaired) electrons. The van der Waals surface area contributed by atoms with Crippen molar-refractivity contribution >= 4 is 11.7 Å². The third-order valence-electron chi connectivity index (χ3n) is 2.37. The van der Waals surface area contributed by atoms with Gasteiger partial charge < -0.3 is 19.9 Å². The predicted molar refractivity (Wildman–Crippen MR) is 68.8 cm³/mol. The van der Waals surface area contributed by atoms with Gasteiger partial charge in [-0.3, -0.25) is 0 Å². The normalized spacial score (nSPS) is 11.9. The molecule has 0 aliphatic carbocycles. The number of para-hydroxylation sites is 1. The summed E-state index contributed by atoms with van der Waals surface area (Å²) in [6.07, 6.45) is -0.317. The lowest BCUT2D eigenvalue weighted by molar-refractivity contribution is 0.00447. The number of anilines is 1. The fourth-order valence-electron chi connectivity index (χ4n) is 1.46. The lowest BCUT2D eigenvalue weighted by Crippen LogP contribution is -2.21. The molecule has 1 atom stereocenters. The van der Waals surface area contributed by atoms with Gasteiger partial charge in [0.1, 0.15) is 11.9 Å². The fourth-order valence-corrected chi connectivity index (χ4v) is 1.46. The van der Waals surface area contributed by atoms with Crippen molar-refractivity contribution in [2.24, 2.45) is 0 Å². The van der Waals surface area contributed by atoms with Crippen LogP contribution in [0.1, 0.15) is 24.2 Å². The van der Waals surface area contributed by atoms with Gasteiger partial charge in [-0.05, 0) is 26.0 Å². The van der Waals surface area contributed by atoms with Gasteiger partial charge >= 0.3 is 5.97 Å². The van der Waals surface area contributed by atoms with E-state index >= 15 is 0 Å². The molecule has 0 fully saturated rings. The van der Waals surface area contributed by atoms with Crippen molar-refractivity contribution in [1.82, 2.24) is 0 Å². The van der Waals surface area contributed by atoms with Crippen LogP contribution in [-0.2, 0) is 9.47 Å². The van der Waals surface area contributed by atoms with E-state index in [4.69, 9.17) is 19.9 Å². The Balaban J connectivity index is 2.72. The molecule has 0 saturated heterocycles. The molecule has 0 amide bonds. The first-order valence-electron chi connectivity index (χ1n) is 5.81. The van der Waals surface area contributed by atoms with Crippen molar-refractivity contribution in [1.29, 1.82) is 0 Å². The molecule has 0 bridgehead atoms. The van der Waals surface area contributed by atoms with E-state index in [9.17, 15) is 4.79 Å². The Kier molecular flexibility index (Phi) is 5.45. The number of hydrogen-bond acceptors (Lipinski definition) is 5. The van der Waals surface area contributed by atoms with Crippen molar-refractivity contribution in [2.45, 2.75) is 20.0 Å². The summed E-state index contributed by atoms with van der Waals surface area (Å²) >= 11 is 0. The van der Waals surface area contributed by atoms with E-state index < -0.39 is 5.97 Å². The molecule has 5 heteroatoms. The number of methoxy groups -OCH3 is 1. The van der Waals surface area contributed by atoms with Crippen molar-refractivity contribution in [3.8, 4) is 5.75 Å². The van der Waals surface area contributed by atoms with Crippen molar-refractivity contribution in [2.75, 3.05) is 26.1 Å². The molecule has 0 aromatic heterocycles. The maximum absolute atomic E-state index is 11.9. The molecule has 1 unspecified atom stereocenters. The predicted octanol–water partition coefficient (Wildman–Crippen LogP) is 1.86. The summed E-state index contributed by atoms with van der Waals surface area (Å²) < 4.78 is 15.4. The lowest BCUT2D eigenvalue weighted by atomic mass is 10.1. The molecule has 2 N–H and O–H groups in total. The van der Waals surface area contributed by atoms with Crippen molar-refractivity contribution in [3.63, 3.8) is 0 Å². The summed E-state index contributed by atoms with van der Waals surface area (Å²) in [7, 11) is 1.50. The fraction of sp³-hybridized carbons (Fsp3) is 0.462. The third-order valence-corrected chi connectivity index (χ3v) is 2.37. The zero-order valence-corrected chi connectivity index (χ0v) is 10.9. The number of hydrogen-bond donors (Lipinski definition) is 1. The number of nitrogens with two attached hydrogens (primary N) is 1. The molecule has 18 heavy (non-hydrogen) atoms. The zero-order chi connectivity index (χ0) is 13.5. The van der Waals surface area contributed by atoms with Crippen LogP contribution in [0, 0.1) is 0 Å². The third kappa shape index (κ3) is 3.63. The van der Waals surface area contributed by atoms with Crippen LogP contribution in [0.2, 0.25) is 0 Å². The average molecular weight is 253 g/mol. The summed E-state index contributed by atoms with van der Waals surface area (Å²) in [5, 5.41) is 0. The number of carbonyl (C=O) groups excluding carboxylic acids is 1. The minimum Gasteiger partial charge on any atom is -0.495 e. The second kappa shape index (κ2) is 6.86. The van der Waals surface area contributed by atoms with Crippen molar-refractivity contribution in [3.05, 3.63) is 23.8 Å². The van der Waals surface area contributed by atoms with Crippen LogP contribution >= 0.6 is 0 Å². The molecule has 1 aromatic rings. The molecule has 0 spiro atoms. The van der Waals surface area contributed by atoms with Crippen LogP contribution in [0.3, 0.4) is 0 Å². The van der Waals surface area contributed by atoms with E-state index in [0.717, 1.165) is 0 Å². The van der Waals surface area contributed by atoms with Gasteiger partial charge in [0.25, 0.3) is 0 Å². The van der Waals surface area contributed by atoms with Gasteiger partial charge in [0.05, 0.1) is 25.0 Å². The zero-order valence-electron chi connectivity index (χ0n) is 10.9. The van der Waals surface area contributed by atoms with Crippen LogP contribution < -0.4 is 10.5 Å². The molecule has 0 saturated carbocycles. The number of esters is 1. The molecular formula is C13H19NO4. The standard InChI is InChI=1S/C13H19NO4/c1-4-17-8-9(2)18-13(15)10-6-5-7-11(16-3)12(10)14/h5-7,9H,4,8,14H2,1-3H3. The van der Waals surface area contributed by atoms with Crippen molar-refractivity contribution < 1.29 is 19.0 Å². The van der Waals surface area contributed by atoms with Crippen LogP contribution in [0.15, 0.2) is 18.2 Å². The van der Waals surface area contributed by atoms with E-state index in [2.05, 4.69) is 0 Å². The Morgan fingerprint density at radius 3 is 2.78 bits per heavy atom. The number of carbonyl (C=O) groups is 1. The first kappa shape index (κ1) is 14.3. The van der Waals surface area contributed by atoms with Gasteiger partial charge in [0.15, 0.2) is 0 Å². The monoisotopic (exact) mass is 253 g/mol. The molecule has 0 heterocycles. The van der Waals surface area contributed by atoms with Crippen LogP contribution in [0.4, 0.5) is 5.69 Å². The van der Waals surface area contributed by atoms with Gasteiger partial charge in [0.2, 0.25) is 0 Å². The van der Waals surface area contributed by atoms with Gasteiger partial charge in [0, 0.05) is 6.61 Å². The SMILES string of the molecule is CCOCC(C)OC(=O)c1cccc(OC)c1N. The quantitative estimate of drug-likeness (QED) is 0.619. The molecule has 100 valence electrons. The molecule has 0 aliphatic heterocycles. The summed E-state index contributed by atoms with van der Waals surface area (Å²) in [4.78, 5) is 11.9. The Morgan fingerprint density at radius 2 is 2.17 bits per heavy atom. The largest absolute Gasteiger partial charge is 0.495 e. The highest BCUT2D eigenvalue weighted by Crippen LogP contribution is 2.25. The second-order valence-corrected chi connectivity index (χ2v) is 3.80. The van der Waals surface area contributed by atoms with E-state index in [1.54, 1.807) is 25.1 Å². The Morgan fingerprint density at radius 1 is 1.44 bits per heavy atom. The molecule has 1 rings (SSSR count). The highest BCUT2D eigenvalue weighted by atomic mass is 16.6. The number of benzene rings is 1. The Bertz CT molecular complexity index is 406. The van der Waals surface area contributed by atoms with Gasteiger partial charge in [-0.15, -0.1) is 0 Å². The van der Waals surface area contributed by atoms with E-state index in [-0.39, 0.29) is 11.8 Å². The maximum Gasteiger partial charge on any atom is 0.340 e. The topological polar surface area (TPSA) is 70.8 Å². The highest BCUT2D eigenvalue weighted by molar-refractivity contribution is 5.96. The van der Waals surface area contributed by atoms with Crippen LogP contribution in [0.25, 0.3) is 0 Å². The van der Waals surface area contributed by atoms with Crippen LogP contribution in [-0.4, -0.2) is 32.4 Å². The molecule has 1 aromatic carbocycles. The smallest absolute Gasteiger partial charge is 0.340 e. The summed E-state index contributed by atoms with van der Waals surface area (Å²) in [6, 6.07) is 4.99. The lowest BCUT2D eigenvalue weighted by Gasteiger charge is -2.14. The van der Waals surface area contributed by atoms with E-state index in [0.29, 0.717) is 24.5 Å². The first-order chi connectivity index (χ1) is 8.60. The van der Waals surface area contributed by atoms with E-state index in [1.807, 2.05) is 6.92 Å². The number of nitrogen functional groups attached to an aromatic ring is 1. The van der Waals surface area contributed by atoms with Gasteiger partial charge in [-0.1, -0.05) is 6.07 Å².